The largest absolute Gasteiger partial charge is 0.481 e. The molecule has 4 rings (SSSR count). The van der Waals surface area contributed by atoms with Crippen molar-refractivity contribution in [1.82, 2.24) is 15.0 Å². The van der Waals surface area contributed by atoms with Gasteiger partial charge >= 0.3 is 0 Å². The van der Waals surface area contributed by atoms with E-state index >= 15 is 0 Å². The van der Waals surface area contributed by atoms with Gasteiger partial charge in [0, 0.05) is 28.9 Å². The highest BCUT2D eigenvalue weighted by molar-refractivity contribution is 7.15. The molecule has 0 amide bonds. The minimum Gasteiger partial charge on any atom is -0.481 e. The van der Waals surface area contributed by atoms with Gasteiger partial charge in [-0.25, -0.2) is 15.0 Å². The minimum absolute atomic E-state index is 0.666. The third-order valence-corrected chi connectivity index (χ3v) is 5.84. The maximum absolute atomic E-state index is 5.10. The molecule has 0 bridgehead atoms. The van der Waals surface area contributed by atoms with E-state index in [2.05, 4.69) is 72.1 Å². The molecule has 3 heterocycles. The lowest BCUT2D eigenvalue weighted by Crippen LogP contribution is -1.95. The van der Waals surface area contributed by atoms with Gasteiger partial charge in [0.05, 0.1) is 17.7 Å². The fourth-order valence-electron chi connectivity index (χ4n) is 3.13. The molecule has 0 saturated carbocycles. The van der Waals surface area contributed by atoms with E-state index in [1.807, 2.05) is 38.1 Å². The normalized spacial score (nSPS) is 10.0. The maximum atomic E-state index is 5.10. The minimum atomic E-state index is 0.666. The summed E-state index contributed by atoms with van der Waals surface area (Å²) >= 11 is 1.79. The summed E-state index contributed by atoms with van der Waals surface area (Å²) in [5.41, 5.74) is 3.43. The van der Waals surface area contributed by atoms with Crippen molar-refractivity contribution in [1.29, 1.82) is 0 Å². The molecule has 0 atom stereocenters. The predicted octanol–water partition coefficient (Wildman–Crippen LogP) is 7.75. The molecule has 0 aliphatic carbocycles. The first kappa shape index (κ1) is 26.2. The van der Waals surface area contributed by atoms with Gasteiger partial charge in [-0.1, -0.05) is 58.9 Å². The smallest absolute Gasteiger partial charge is 0.213 e. The van der Waals surface area contributed by atoms with Crippen molar-refractivity contribution < 1.29 is 4.74 Å². The van der Waals surface area contributed by atoms with Crippen LogP contribution in [0.5, 0.6) is 5.88 Å². The second-order valence-corrected chi connectivity index (χ2v) is 8.72. The molecule has 0 aliphatic heterocycles. The number of hydrogen-bond acceptors (Lipinski definition) is 5. The van der Waals surface area contributed by atoms with Crippen LogP contribution in [-0.2, 0) is 12.8 Å². The van der Waals surface area contributed by atoms with Gasteiger partial charge in [-0.2, -0.15) is 0 Å². The quantitative estimate of drug-likeness (QED) is 0.294. The Labute approximate surface area is 202 Å². The van der Waals surface area contributed by atoms with Crippen LogP contribution in [0.1, 0.15) is 45.1 Å². The number of aryl methyl sites for hydroxylation is 1. The van der Waals surface area contributed by atoms with Crippen LogP contribution in [0.2, 0.25) is 0 Å². The summed E-state index contributed by atoms with van der Waals surface area (Å²) in [5.74, 6) is 2.14. The number of thiophene rings is 1. The van der Waals surface area contributed by atoms with Crippen LogP contribution < -0.4 is 4.74 Å². The van der Waals surface area contributed by atoms with Crippen molar-refractivity contribution >= 4 is 11.3 Å². The molecule has 33 heavy (non-hydrogen) atoms. The van der Waals surface area contributed by atoms with Gasteiger partial charge in [0.1, 0.15) is 0 Å². The summed E-state index contributed by atoms with van der Waals surface area (Å²) in [6.45, 7) is 10.6. The molecule has 0 unspecified atom stereocenters. The van der Waals surface area contributed by atoms with Crippen LogP contribution in [0.15, 0.2) is 73.1 Å². The lowest BCUT2D eigenvalue weighted by molar-refractivity contribution is 0.398. The van der Waals surface area contributed by atoms with Gasteiger partial charge in [-0.05, 0) is 54.7 Å². The monoisotopic (exact) mass is 461 g/mol. The molecular formula is C28H35N3OS. The van der Waals surface area contributed by atoms with E-state index in [1.54, 1.807) is 30.8 Å². The summed E-state index contributed by atoms with van der Waals surface area (Å²) in [7, 11) is 1.64. The highest BCUT2D eigenvalue weighted by atomic mass is 32.1. The summed E-state index contributed by atoms with van der Waals surface area (Å²) in [4.78, 5) is 15.5. The fourth-order valence-corrected chi connectivity index (χ4v) is 4.05. The Bertz CT molecular complexity index is 1080. The van der Waals surface area contributed by atoms with Crippen molar-refractivity contribution in [2.24, 2.45) is 5.92 Å². The zero-order valence-corrected chi connectivity index (χ0v) is 21.4. The highest BCUT2D eigenvalue weighted by Crippen LogP contribution is 2.28. The molecule has 0 radical (unpaired) electrons. The van der Waals surface area contributed by atoms with E-state index in [9.17, 15) is 0 Å². The Balaban J connectivity index is 0.000000218. The number of pyridine rings is 1. The summed E-state index contributed by atoms with van der Waals surface area (Å²) in [6, 6.07) is 20.4. The summed E-state index contributed by atoms with van der Waals surface area (Å²) in [6.07, 6.45) is 5.73. The molecule has 0 saturated heterocycles. The third-order valence-electron chi connectivity index (χ3n) is 4.59. The lowest BCUT2D eigenvalue weighted by atomic mass is 10.0. The van der Waals surface area contributed by atoms with Crippen LogP contribution in [-0.4, -0.2) is 22.1 Å². The van der Waals surface area contributed by atoms with Gasteiger partial charge < -0.3 is 4.74 Å². The Morgan fingerprint density at radius 1 is 0.909 bits per heavy atom. The maximum Gasteiger partial charge on any atom is 0.213 e. The van der Waals surface area contributed by atoms with Crippen LogP contribution in [0.3, 0.4) is 0 Å². The molecule has 4 aromatic rings. The molecule has 0 fully saturated rings. The van der Waals surface area contributed by atoms with Crippen LogP contribution >= 0.6 is 11.3 Å². The van der Waals surface area contributed by atoms with Crippen molar-refractivity contribution in [2.45, 2.75) is 47.5 Å². The standard InChI is InChI=1S/C14H16N2.C12H13NOS.C2H6/c1-11(2)9-12-5-3-6-13(10-12)14-15-7-4-8-16-14;1-3-9-7-8-11(15-9)10-5-4-6-12(13-10)14-2;1-2/h3-8,10-11H,9H2,1-2H3;4-8H,3H2,1-2H3;1-2H3. The second kappa shape index (κ2) is 14.2. The van der Waals surface area contributed by atoms with Crippen molar-refractivity contribution in [3.63, 3.8) is 0 Å². The molecule has 0 aliphatic rings. The average molecular weight is 462 g/mol. The number of benzene rings is 1. The topological polar surface area (TPSA) is 47.9 Å². The van der Waals surface area contributed by atoms with Crippen molar-refractivity contribution in [2.75, 3.05) is 7.11 Å². The molecule has 5 heteroatoms. The number of aromatic nitrogens is 3. The molecule has 4 nitrogen and oxygen atoms in total. The molecule has 0 spiro atoms. The van der Waals surface area contributed by atoms with Crippen molar-refractivity contribution in [3.8, 4) is 27.8 Å². The zero-order chi connectivity index (χ0) is 24.1. The molecule has 3 aromatic heterocycles. The zero-order valence-electron chi connectivity index (χ0n) is 20.6. The Morgan fingerprint density at radius 3 is 2.27 bits per heavy atom. The van der Waals surface area contributed by atoms with E-state index < -0.39 is 0 Å². The van der Waals surface area contributed by atoms with Crippen LogP contribution in [0, 0.1) is 5.92 Å². The number of nitrogens with zero attached hydrogens (tertiary/aromatic N) is 3. The van der Waals surface area contributed by atoms with E-state index in [4.69, 9.17) is 4.74 Å². The van der Waals surface area contributed by atoms with Crippen LogP contribution in [0.4, 0.5) is 0 Å². The highest BCUT2D eigenvalue weighted by Gasteiger charge is 2.04. The first-order valence-electron chi connectivity index (χ1n) is 11.6. The van der Waals surface area contributed by atoms with E-state index in [1.165, 1.54) is 15.3 Å². The first-order valence-corrected chi connectivity index (χ1v) is 12.4. The Kier molecular flexibility index (Phi) is 11.3. The summed E-state index contributed by atoms with van der Waals surface area (Å²) < 4.78 is 5.10. The lowest BCUT2D eigenvalue weighted by Gasteiger charge is -2.06. The van der Waals surface area contributed by atoms with E-state index in [0.717, 1.165) is 29.9 Å². The van der Waals surface area contributed by atoms with Gasteiger partial charge in [0.15, 0.2) is 5.82 Å². The Hall–Kier alpha value is -3.05. The fraction of sp³-hybridized carbons (Fsp3) is 0.321. The van der Waals surface area contributed by atoms with Crippen LogP contribution in [0.25, 0.3) is 22.0 Å². The van der Waals surface area contributed by atoms with Gasteiger partial charge in [-0.3, -0.25) is 0 Å². The van der Waals surface area contributed by atoms with E-state index in [-0.39, 0.29) is 0 Å². The molecule has 174 valence electrons. The Morgan fingerprint density at radius 2 is 1.64 bits per heavy atom. The number of rotatable bonds is 6. The number of hydrogen-bond donors (Lipinski definition) is 0. The first-order chi connectivity index (χ1) is 16.1. The molecule has 1 aromatic carbocycles. The van der Waals surface area contributed by atoms with Gasteiger partial charge in [0.2, 0.25) is 5.88 Å². The van der Waals surface area contributed by atoms with E-state index in [0.29, 0.717) is 11.8 Å². The van der Waals surface area contributed by atoms with Gasteiger partial charge in [-0.15, -0.1) is 11.3 Å². The SMILES string of the molecule is CC.CC(C)Cc1cccc(-c2ncccn2)c1.CCc1ccc(-c2cccc(OC)n2)s1. The molecule has 0 N–H and O–H groups in total. The van der Waals surface area contributed by atoms with Gasteiger partial charge in [0.25, 0.3) is 0 Å². The summed E-state index contributed by atoms with van der Waals surface area (Å²) in [5, 5.41) is 0. The number of methoxy groups -OCH3 is 1. The van der Waals surface area contributed by atoms with Crippen molar-refractivity contribution in [3.05, 3.63) is 83.5 Å². The second-order valence-electron chi connectivity index (χ2n) is 7.56. The third kappa shape index (κ3) is 8.43. The molecular weight excluding hydrogens is 426 g/mol. The average Bonchev–Trinajstić information content (AvgIpc) is 3.36. The number of ether oxygens (including phenoxy) is 1. The predicted molar refractivity (Wildman–Crippen MR) is 141 cm³/mol.